The van der Waals surface area contributed by atoms with Crippen molar-refractivity contribution in [2.45, 2.75) is 39.7 Å². The average Bonchev–Trinajstić information content (AvgIpc) is 2.29. The Bertz CT molecular complexity index is 576. The summed E-state index contributed by atoms with van der Waals surface area (Å²) in [6.07, 6.45) is 0.943. The predicted octanol–water partition coefficient (Wildman–Crippen LogP) is 3.69. The monoisotopic (exact) mass is 244 g/mol. The van der Waals surface area contributed by atoms with Crippen LogP contribution in [0.25, 0.3) is 10.9 Å². The van der Waals surface area contributed by atoms with E-state index in [1.807, 2.05) is 31.2 Å². The number of hydrogen-bond acceptors (Lipinski definition) is 3. The molecule has 0 atom stereocenters. The topological polar surface area (TPSA) is 48.1 Å². The van der Waals surface area contributed by atoms with Crippen molar-refractivity contribution >= 4 is 16.6 Å². The summed E-state index contributed by atoms with van der Waals surface area (Å²) in [6, 6.07) is 7.69. The summed E-state index contributed by atoms with van der Waals surface area (Å²) >= 11 is 0. The smallest absolute Gasteiger partial charge is 0.131 e. The summed E-state index contributed by atoms with van der Waals surface area (Å²) in [5.41, 5.74) is 8.26. The second kappa shape index (κ2) is 4.48. The normalized spacial score (nSPS) is 11.8. The third-order valence-corrected chi connectivity index (χ3v) is 3.16. The second-order valence-electron chi connectivity index (χ2n) is 5.25. The quantitative estimate of drug-likeness (QED) is 0.838. The Balaban J connectivity index is 2.58. The van der Waals surface area contributed by atoms with Crippen molar-refractivity contribution in [2.24, 2.45) is 0 Å². The lowest BCUT2D eigenvalue weighted by Gasteiger charge is -2.26. The fraction of sp³-hybridized carbons (Fsp3) is 0.400. The largest absolute Gasteiger partial charge is 0.487 e. The lowest BCUT2D eigenvalue weighted by Crippen LogP contribution is -2.27. The van der Waals surface area contributed by atoms with Gasteiger partial charge in [-0.2, -0.15) is 0 Å². The Morgan fingerprint density at radius 2 is 2.00 bits per heavy atom. The number of ether oxygens (including phenoxy) is 1. The van der Waals surface area contributed by atoms with E-state index in [0.29, 0.717) is 0 Å². The van der Waals surface area contributed by atoms with Gasteiger partial charge in [-0.1, -0.05) is 6.92 Å². The third kappa shape index (κ3) is 2.55. The van der Waals surface area contributed by atoms with Gasteiger partial charge in [0.25, 0.3) is 0 Å². The van der Waals surface area contributed by atoms with Crippen LogP contribution in [-0.4, -0.2) is 10.6 Å². The van der Waals surface area contributed by atoms with Crippen molar-refractivity contribution in [1.82, 2.24) is 4.98 Å². The maximum Gasteiger partial charge on any atom is 0.131 e. The molecule has 0 saturated heterocycles. The minimum atomic E-state index is -0.189. The number of pyridine rings is 1. The molecule has 0 aliphatic heterocycles. The van der Waals surface area contributed by atoms with Crippen molar-refractivity contribution < 1.29 is 4.74 Å². The molecule has 3 heteroatoms. The maximum absolute atomic E-state index is 6.10. The van der Waals surface area contributed by atoms with E-state index in [1.165, 1.54) is 0 Å². The second-order valence-corrected chi connectivity index (χ2v) is 5.25. The van der Waals surface area contributed by atoms with Gasteiger partial charge in [-0.05, 0) is 45.4 Å². The number of rotatable bonds is 3. The van der Waals surface area contributed by atoms with Gasteiger partial charge in [0.2, 0.25) is 0 Å². The van der Waals surface area contributed by atoms with Crippen LogP contribution in [0.1, 0.15) is 32.9 Å². The van der Waals surface area contributed by atoms with Gasteiger partial charge in [-0.3, -0.25) is 4.98 Å². The molecule has 1 aromatic carbocycles. The van der Waals surface area contributed by atoms with Gasteiger partial charge in [0, 0.05) is 22.8 Å². The van der Waals surface area contributed by atoms with Crippen molar-refractivity contribution in [3.8, 4) is 5.75 Å². The van der Waals surface area contributed by atoms with E-state index in [1.54, 1.807) is 0 Å². The Morgan fingerprint density at radius 1 is 1.28 bits per heavy atom. The van der Waals surface area contributed by atoms with Crippen LogP contribution in [0, 0.1) is 6.92 Å². The number of nitrogens with two attached hydrogens (primary N) is 1. The van der Waals surface area contributed by atoms with Crippen molar-refractivity contribution in [3.05, 3.63) is 30.0 Å². The molecule has 1 aromatic heterocycles. The number of aryl methyl sites for hydroxylation is 1. The van der Waals surface area contributed by atoms with Crippen LogP contribution in [-0.2, 0) is 0 Å². The summed E-state index contributed by atoms with van der Waals surface area (Å²) in [5, 5.41) is 0.974. The van der Waals surface area contributed by atoms with Gasteiger partial charge in [-0.25, -0.2) is 0 Å². The third-order valence-electron chi connectivity index (χ3n) is 3.16. The Kier molecular flexibility index (Phi) is 3.16. The summed E-state index contributed by atoms with van der Waals surface area (Å²) in [6.45, 7) is 8.26. The van der Waals surface area contributed by atoms with Gasteiger partial charge in [-0.15, -0.1) is 0 Å². The fourth-order valence-electron chi connectivity index (χ4n) is 1.79. The average molecular weight is 244 g/mol. The zero-order valence-electron chi connectivity index (χ0n) is 11.4. The molecule has 0 unspecified atom stereocenters. The lowest BCUT2D eigenvalue weighted by atomic mass is 10.1. The molecule has 0 saturated carbocycles. The molecule has 1 heterocycles. The number of anilines is 1. The molecule has 2 N–H and O–H groups in total. The first-order valence-corrected chi connectivity index (χ1v) is 6.27. The molecule has 0 aliphatic carbocycles. The van der Waals surface area contributed by atoms with Crippen molar-refractivity contribution in [2.75, 3.05) is 5.73 Å². The van der Waals surface area contributed by atoms with Crippen LogP contribution in [0.15, 0.2) is 24.3 Å². The molecule has 18 heavy (non-hydrogen) atoms. The summed E-state index contributed by atoms with van der Waals surface area (Å²) in [7, 11) is 0. The van der Waals surface area contributed by atoms with Crippen molar-refractivity contribution in [1.29, 1.82) is 0 Å². The molecule has 0 fully saturated rings. The standard InChI is InChI=1S/C15H20N2O/c1-5-15(3,4)18-14-8-10(2)17-13-7-6-11(16)9-12(13)14/h6-9H,5,16H2,1-4H3. The molecule has 2 aromatic rings. The Labute approximate surface area is 108 Å². The molecule has 0 aliphatic rings. The first-order chi connectivity index (χ1) is 8.41. The minimum absolute atomic E-state index is 0.189. The van der Waals surface area contributed by atoms with Crippen LogP contribution in [0.2, 0.25) is 0 Å². The first kappa shape index (κ1) is 12.7. The number of hydrogen-bond donors (Lipinski definition) is 1. The number of nitrogen functional groups attached to an aromatic ring is 1. The van der Waals surface area contributed by atoms with Gasteiger partial charge < -0.3 is 10.5 Å². The van der Waals surface area contributed by atoms with Crippen LogP contribution in [0.3, 0.4) is 0 Å². The van der Waals surface area contributed by atoms with E-state index < -0.39 is 0 Å². The van der Waals surface area contributed by atoms with E-state index in [0.717, 1.165) is 34.5 Å². The Hall–Kier alpha value is -1.77. The Morgan fingerprint density at radius 3 is 2.67 bits per heavy atom. The van der Waals surface area contributed by atoms with Crippen LogP contribution < -0.4 is 10.5 Å². The molecule has 0 amide bonds. The number of benzene rings is 1. The van der Waals surface area contributed by atoms with Crippen LogP contribution in [0.5, 0.6) is 5.75 Å². The zero-order chi connectivity index (χ0) is 13.3. The summed E-state index contributed by atoms with van der Waals surface area (Å²) in [4.78, 5) is 4.50. The molecular formula is C15H20N2O. The number of fused-ring (bicyclic) bond motifs is 1. The minimum Gasteiger partial charge on any atom is -0.487 e. The van der Waals surface area contributed by atoms with E-state index in [2.05, 4.69) is 25.8 Å². The van der Waals surface area contributed by atoms with E-state index >= 15 is 0 Å². The molecule has 96 valence electrons. The highest BCUT2D eigenvalue weighted by atomic mass is 16.5. The first-order valence-electron chi connectivity index (χ1n) is 6.27. The van der Waals surface area contributed by atoms with Gasteiger partial charge in [0.1, 0.15) is 11.4 Å². The SMILES string of the molecule is CCC(C)(C)Oc1cc(C)nc2ccc(N)cc12. The van der Waals surface area contributed by atoms with Gasteiger partial charge >= 0.3 is 0 Å². The highest BCUT2D eigenvalue weighted by molar-refractivity contribution is 5.88. The predicted molar refractivity (Wildman–Crippen MR) is 75.9 cm³/mol. The van der Waals surface area contributed by atoms with Gasteiger partial charge in [0.05, 0.1) is 5.52 Å². The number of aromatic nitrogens is 1. The molecule has 0 spiro atoms. The molecule has 2 rings (SSSR count). The van der Waals surface area contributed by atoms with E-state index in [4.69, 9.17) is 10.5 Å². The fourth-order valence-corrected chi connectivity index (χ4v) is 1.79. The number of nitrogens with zero attached hydrogens (tertiary/aromatic N) is 1. The lowest BCUT2D eigenvalue weighted by molar-refractivity contribution is 0.107. The summed E-state index contributed by atoms with van der Waals surface area (Å²) in [5.74, 6) is 0.858. The van der Waals surface area contributed by atoms with Crippen LogP contribution in [0.4, 0.5) is 5.69 Å². The highest BCUT2D eigenvalue weighted by Gasteiger charge is 2.18. The molecule has 3 nitrogen and oxygen atoms in total. The van der Waals surface area contributed by atoms with Crippen LogP contribution >= 0.6 is 0 Å². The highest BCUT2D eigenvalue weighted by Crippen LogP contribution is 2.30. The molecule has 0 bridgehead atoms. The van der Waals surface area contributed by atoms with Crippen molar-refractivity contribution in [3.63, 3.8) is 0 Å². The zero-order valence-corrected chi connectivity index (χ0v) is 11.4. The summed E-state index contributed by atoms with van der Waals surface area (Å²) < 4.78 is 6.10. The van der Waals surface area contributed by atoms with E-state index in [9.17, 15) is 0 Å². The molecular weight excluding hydrogens is 224 g/mol. The van der Waals surface area contributed by atoms with Gasteiger partial charge in [0.15, 0.2) is 0 Å². The maximum atomic E-state index is 6.10. The van der Waals surface area contributed by atoms with E-state index in [-0.39, 0.29) is 5.60 Å². The molecule has 0 radical (unpaired) electrons.